The summed E-state index contributed by atoms with van der Waals surface area (Å²) >= 11 is 19.3. The van der Waals surface area contributed by atoms with E-state index in [1.807, 2.05) is 23.6 Å². The minimum atomic E-state index is -0.158. The molecule has 1 aromatic carbocycles. The van der Waals surface area contributed by atoms with Crippen molar-refractivity contribution in [3.05, 3.63) is 51.2 Å². The van der Waals surface area contributed by atoms with E-state index in [1.165, 1.54) is 0 Å². The third-order valence-electron chi connectivity index (χ3n) is 5.43. The maximum atomic E-state index is 11.7. The number of aryl methyl sites for hydroxylation is 1. The monoisotopic (exact) mass is 505 g/mol. The smallest absolute Gasteiger partial charge is 0.278 e. The fourth-order valence-electron chi connectivity index (χ4n) is 3.77. The van der Waals surface area contributed by atoms with Crippen LogP contribution >= 0.6 is 34.8 Å². The molecule has 1 aliphatic rings. The highest BCUT2D eigenvalue weighted by atomic mass is 35.5. The zero-order valence-electron chi connectivity index (χ0n) is 17.7. The Morgan fingerprint density at radius 1 is 1.09 bits per heavy atom. The molecule has 1 aliphatic heterocycles. The summed E-state index contributed by atoms with van der Waals surface area (Å²) in [6.45, 7) is 2.44. The van der Waals surface area contributed by atoms with E-state index in [9.17, 15) is 4.79 Å². The largest absolute Gasteiger partial charge is 0.487 e. The lowest BCUT2D eigenvalue weighted by Gasteiger charge is -2.30. The molecular weight excluding hydrogens is 489 g/mol. The number of piperidine rings is 1. The number of likely N-dealkylation sites (N-methyl/N-ethyl adjacent to an activating group) is 1. The van der Waals surface area contributed by atoms with Gasteiger partial charge in [0.15, 0.2) is 5.65 Å². The number of imidazole rings is 1. The van der Waals surface area contributed by atoms with Crippen LogP contribution in [0.1, 0.15) is 18.4 Å². The van der Waals surface area contributed by atoms with Crippen molar-refractivity contribution in [2.45, 2.75) is 25.9 Å². The van der Waals surface area contributed by atoms with Crippen molar-refractivity contribution in [2.75, 3.05) is 13.6 Å². The number of carbonyl (C=O) groups is 1. The second-order valence-electron chi connectivity index (χ2n) is 7.96. The molecule has 11 heteroatoms. The first-order valence-corrected chi connectivity index (χ1v) is 11.3. The molecule has 3 aromatic heterocycles. The minimum Gasteiger partial charge on any atom is -0.487 e. The number of halogens is 3. The van der Waals surface area contributed by atoms with Crippen molar-refractivity contribution < 1.29 is 14.1 Å². The van der Waals surface area contributed by atoms with Crippen molar-refractivity contribution in [1.82, 2.24) is 24.4 Å². The predicted octanol–water partition coefficient (Wildman–Crippen LogP) is 5.32. The van der Waals surface area contributed by atoms with E-state index < -0.39 is 0 Å². The molecule has 33 heavy (non-hydrogen) atoms. The van der Waals surface area contributed by atoms with E-state index in [2.05, 4.69) is 15.1 Å². The van der Waals surface area contributed by atoms with Gasteiger partial charge in [0, 0.05) is 37.5 Å². The number of nitrogens with zero attached hydrogens (tertiary/aromatic N) is 5. The maximum absolute atomic E-state index is 11.7. The van der Waals surface area contributed by atoms with E-state index in [1.54, 1.807) is 30.3 Å². The lowest BCUT2D eigenvalue weighted by molar-refractivity contribution is -0.134. The molecule has 1 fully saturated rings. The Hall–Kier alpha value is -2.81. The van der Waals surface area contributed by atoms with Crippen LogP contribution in [-0.2, 0) is 4.79 Å². The molecule has 0 bridgehead atoms. The molecule has 170 valence electrons. The van der Waals surface area contributed by atoms with Crippen molar-refractivity contribution in [3.8, 4) is 28.7 Å². The van der Waals surface area contributed by atoms with Gasteiger partial charge in [0.1, 0.15) is 17.5 Å². The summed E-state index contributed by atoms with van der Waals surface area (Å²) in [6, 6.07) is 5.09. The SMILES string of the molecule is Cc1cc(Cl)c2nc(-c3nc(-c4cc(Cl)c(O[C@H]5CCC(=O)N(C)C5)cc4Cl)no3)cn2c1. The first-order valence-electron chi connectivity index (χ1n) is 10.2. The van der Waals surface area contributed by atoms with Gasteiger partial charge in [-0.3, -0.25) is 4.79 Å². The minimum absolute atomic E-state index is 0.102. The number of rotatable bonds is 4. The van der Waals surface area contributed by atoms with E-state index in [4.69, 9.17) is 44.1 Å². The van der Waals surface area contributed by atoms with E-state index >= 15 is 0 Å². The first-order chi connectivity index (χ1) is 15.8. The molecule has 1 atom stereocenters. The summed E-state index contributed by atoms with van der Waals surface area (Å²) in [5, 5.41) is 5.28. The molecule has 4 heterocycles. The molecule has 1 saturated heterocycles. The quantitative estimate of drug-likeness (QED) is 0.372. The van der Waals surface area contributed by atoms with Crippen molar-refractivity contribution in [2.24, 2.45) is 0 Å². The number of likely N-dealkylation sites (tertiary alicyclic amines) is 1. The molecule has 8 nitrogen and oxygen atoms in total. The Bertz CT molecular complexity index is 1380. The summed E-state index contributed by atoms with van der Waals surface area (Å²) in [5.74, 6) is 1.04. The highest BCUT2D eigenvalue weighted by molar-refractivity contribution is 6.36. The number of pyridine rings is 1. The summed E-state index contributed by atoms with van der Waals surface area (Å²) < 4.78 is 13.2. The highest BCUT2D eigenvalue weighted by Crippen LogP contribution is 2.37. The van der Waals surface area contributed by atoms with Crippen LogP contribution in [0.25, 0.3) is 28.6 Å². The molecule has 4 aromatic rings. The maximum Gasteiger partial charge on any atom is 0.278 e. The Morgan fingerprint density at radius 3 is 2.70 bits per heavy atom. The van der Waals surface area contributed by atoms with Crippen LogP contribution < -0.4 is 4.74 Å². The Labute approximate surface area is 204 Å². The fourth-order valence-corrected chi connectivity index (χ4v) is 4.53. The topological polar surface area (TPSA) is 85.8 Å². The van der Waals surface area contributed by atoms with Gasteiger partial charge in [-0.05, 0) is 31.0 Å². The van der Waals surface area contributed by atoms with Gasteiger partial charge in [-0.2, -0.15) is 4.98 Å². The average Bonchev–Trinajstić information content (AvgIpc) is 3.40. The van der Waals surface area contributed by atoms with Gasteiger partial charge in [-0.15, -0.1) is 0 Å². The zero-order valence-corrected chi connectivity index (χ0v) is 19.9. The Morgan fingerprint density at radius 2 is 1.91 bits per heavy atom. The van der Waals surface area contributed by atoms with Gasteiger partial charge in [0.2, 0.25) is 11.7 Å². The van der Waals surface area contributed by atoms with Crippen molar-refractivity contribution in [1.29, 1.82) is 0 Å². The molecule has 1 amide bonds. The number of hydrogen-bond acceptors (Lipinski definition) is 6. The lowest BCUT2D eigenvalue weighted by atomic mass is 10.1. The van der Waals surface area contributed by atoms with Gasteiger partial charge < -0.3 is 18.6 Å². The summed E-state index contributed by atoms with van der Waals surface area (Å²) in [5.41, 5.74) is 2.57. The van der Waals surface area contributed by atoms with Gasteiger partial charge in [-0.1, -0.05) is 40.0 Å². The molecule has 0 saturated carbocycles. The zero-order chi connectivity index (χ0) is 23.3. The standard InChI is InChI=1S/C22H18Cl3N5O3/c1-11-5-16(25)21-26-17(10-30(21)8-11)22-27-20(28-33-22)13-6-15(24)18(7-14(13)23)32-12-3-4-19(31)29(2)9-12/h5-8,10,12H,3-4,9H2,1-2H3/t12-/m0/s1. The molecule has 0 N–H and O–H groups in total. The van der Waals surface area contributed by atoms with Crippen LogP contribution in [-0.4, -0.2) is 50.0 Å². The van der Waals surface area contributed by atoms with Crippen LogP contribution in [0.5, 0.6) is 5.75 Å². The van der Waals surface area contributed by atoms with Crippen LogP contribution in [0.4, 0.5) is 0 Å². The van der Waals surface area contributed by atoms with Crippen LogP contribution in [0.2, 0.25) is 15.1 Å². The third kappa shape index (κ3) is 4.26. The van der Waals surface area contributed by atoms with Gasteiger partial charge in [0.25, 0.3) is 5.89 Å². The summed E-state index contributed by atoms with van der Waals surface area (Å²) in [6.07, 6.45) is 4.57. The lowest BCUT2D eigenvalue weighted by Crippen LogP contribution is -2.42. The van der Waals surface area contributed by atoms with Crippen molar-refractivity contribution >= 4 is 46.4 Å². The number of hydrogen-bond donors (Lipinski definition) is 0. The number of aromatic nitrogens is 4. The highest BCUT2D eigenvalue weighted by Gasteiger charge is 2.25. The molecule has 5 rings (SSSR count). The number of amides is 1. The fraction of sp³-hybridized carbons (Fsp3) is 0.273. The number of fused-ring (bicyclic) bond motifs is 1. The molecule has 0 unspecified atom stereocenters. The van der Waals surface area contributed by atoms with Crippen molar-refractivity contribution in [3.63, 3.8) is 0 Å². The predicted molar refractivity (Wildman–Crippen MR) is 125 cm³/mol. The Balaban J connectivity index is 1.41. The van der Waals surface area contributed by atoms with Gasteiger partial charge in [0.05, 0.1) is 21.6 Å². The van der Waals surface area contributed by atoms with Crippen LogP contribution in [0, 0.1) is 6.92 Å². The van der Waals surface area contributed by atoms with E-state index in [0.717, 1.165) is 5.56 Å². The molecular formula is C22H18Cl3N5O3. The van der Waals surface area contributed by atoms with Crippen LogP contribution in [0.3, 0.4) is 0 Å². The number of ether oxygens (including phenoxy) is 1. The van der Waals surface area contributed by atoms with E-state index in [0.29, 0.717) is 57.1 Å². The number of benzene rings is 1. The molecule has 0 spiro atoms. The normalized spacial score (nSPS) is 16.6. The van der Waals surface area contributed by atoms with Crippen LogP contribution in [0.15, 0.2) is 35.1 Å². The first kappa shape index (κ1) is 22.0. The molecule has 0 aliphatic carbocycles. The second kappa shape index (κ2) is 8.52. The second-order valence-corrected chi connectivity index (χ2v) is 9.18. The summed E-state index contributed by atoms with van der Waals surface area (Å²) in [4.78, 5) is 22.3. The van der Waals surface area contributed by atoms with E-state index in [-0.39, 0.29) is 23.7 Å². The average molecular weight is 507 g/mol. The van der Waals surface area contributed by atoms with Gasteiger partial charge in [-0.25, -0.2) is 4.98 Å². The van der Waals surface area contributed by atoms with Gasteiger partial charge >= 0.3 is 0 Å². The summed E-state index contributed by atoms with van der Waals surface area (Å²) in [7, 11) is 1.75. The molecule has 0 radical (unpaired) electrons. The Kier molecular flexibility index (Phi) is 5.68. The third-order valence-corrected chi connectivity index (χ3v) is 6.31. The number of carbonyl (C=O) groups excluding carboxylic acids is 1.